The van der Waals surface area contributed by atoms with Gasteiger partial charge in [0, 0.05) is 13.0 Å². The minimum Gasteiger partial charge on any atom is -0.480 e. The number of hydrogen-bond acceptors (Lipinski definition) is 2. The van der Waals surface area contributed by atoms with E-state index in [-0.39, 0.29) is 12.6 Å². The maximum absolute atomic E-state index is 11.1. The van der Waals surface area contributed by atoms with E-state index in [2.05, 4.69) is 11.2 Å². The Morgan fingerprint density at radius 1 is 1.85 bits per heavy atom. The van der Waals surface area contributed by atoms with Crippen LogP contribution in [0.4, 0.5) is 4.79 Å². The Balaban J connectivity index is 2.47. The highest BCUT2D eigenvalue weighted by Gasteiger charge is 2.32. The van der Waals surface area contributed by atoms with Gasteiger partial charge in [0.05, 0.1) is 6.54 Å². The third kappa shape index (κ3) is 2.12. The van der Waals surface area contributed by atoms with Crippen molar-refractivity contribution in [3.8, 4) is 12.3 Å². The first-order valence-corrected chi connectivity index (χ1v) is 3.87. The Bertz CT molecular complexity index is 269. The minimum atomic E-state index is -1.02. The zero-order valence-corrected chi connectivity index (χ0v) is 6.99. The van der Waals surface area contributed by atoms with E-state index in [1.165, 1.54) is 4.90 Å². The van der Waals surface area contributed by atoms with Crippen LogP contribution in [0.1, 0.15) is 6.42 Å². The maximum Gasteiger partial charge on any atom is 0.328 e. The standard InChI is InChI=1S/C8H10N2O3/c1-2-3-4-10-5-6(7(11)12)9-8(10)13/h1,6H,3-5H2,(H,9,13)(H,11,12). The van der Waals surface area contributed by atoms with Crippen LogP contribution in [0.25, 0.3) is 0 Å². The van der Waals surface area contributed by atoms with E-state index < -0.39 is 12.0 Å². The van der Waals surface area contributed by atoms with Gasteiger partial charge in [-0.15, -0.1) is 12.3 Å². The lowest BCUT2D eigenvalue weighted by molar-refractivity contribution is -0.138. The van der Waals surface area contributed by atoms with Crippen molar-refractivity contribution >= 4 is 12.0 Å². The summed E-state index contributed by atoms with van der Waals surface area (Å²) in [6.07, 6.45) is 5.47. The highest BCUT2D eigenvalue weighted by atomic mass is 16.4. The topological polar surface area (TPSA) is 69.6 Å². The zero-order valence-electron chi connectivity index (χ0n) is 6.99. The molecule has 5 nitrogen and oxygen atoms in total. The number of nitrogens with zero attached hydrogens (tertiary/aromatic N) is 1. The molecule has 0 aliphatic carbocycles. The van der Waals surface area contributed by atoms with Gasteiger partial charge in [0.25, 0.3) is 0 Å². The predicted octanol–water partition coefficient (Wildman–Crippen LogP) is -0.512. The van der Waals surface area contributed by atoms with Crippen LogP contribution in [0.2, 0.25) is 0 Å². The van der Waals surface area contributed by atoms with Gasteiger partial charge in [-0.2, -0.15) is 0 Å². The summed E-state index contributed by atoms with van der Waals surface area (Å²) in [5.74, 6) is 1.37. The van der Waals surface area contributed by atoms with Gasteiger partial charge < -0.3 is 15.3 Å². The van der Waals surface area contributed by atoms with Crippen LogP contribution in [-0.2, 0) is 4.79 Å². The van der Waals surface area contributed by atoms with E-state index in [1.807, 2.05) is 0 Å². The molecule has 0 aromatic heterocycles. The van der Waals surface area contributed by atoms with Crippen LogP contribution >= 0.6 is 0 Å². The third-order valence-electron chi connectivity index (χ3n) is 1.81. The molecule has 0 aromatic rings. The molecular formula is C8H10N2O3. The summed E-state index contributed by atoms with van der Waals surface area (Å²) in [5.41, 5.74) is 0. The average Bonchev–Trinajstić information content (AvgIpc) is 2.44. The minimum absolute atomic E-state index is 0.190. The molecule has 2 N–H and O–H groups in total. The molecule has 0 aromatic carbocycles. The molecule has 70 valence electrons. The molecular weight excluding hydrogens is 172 g/mol. The molecule has 2 amide bonds. The van der Waals surface area contributed by atoms with E-state index in [0.29, 0.717) is 13.0 Å². The number of rotatable bonds is 3. The van der Waals surface area contributed by atoms with Crippen LogP contribution in [-0.4, -0.2) is 41.1 Å². The Labute approximate surface area is 75.7 Å². The fourth-order valence-corrected chi connectivity index (χ4v) is 1.12. The number of nitrogens with one attached hydrogen (secondary N) is 1. The van der Waals surface area contributed by atoms with Crippen LogP contribution in [0, 0.1) is 12.3 Å². The number of hydrogen-bond donors (Lipinski definition) is 2. The summed E-state index contributed by atoms with van der Waals surface area (Å²) in [7, 11) is 0. The van der Waals surface area contributed by atoms with Crippen LogP contribution in [0.3, 0.4) is 0 Å². The van der Waals surface area contributed by atoms with Gasteiger partial charge in [-0.05, 0) is 0 Å². The molecule has 1 aliphatic heterocycles. The molecule has 1 rings (SSSR count). The van der Waals surface area contributed by atoms with Crippen molar-refractivity contribution in [3.05, 3.63) is 0 Å². The molecule has 1 atom stereocenters. The van der Waals surface area contributed by atoms with E-state index >= 15 is 0 Å². The largest absolute Gasteiger partial charge is 0.480 e. The van der Waals surface area contributed by atoms with E-state index in [9.17, 15) is 9.59 Å². The second-order valence-electron chi connectivity index (χ2n) is 2.74. The van der Waals surface area contributed by atoms with Gasteiger partial charge in [-0.1, -0.05) is 0 Å². The number of carboxylic acids is 1. The van der Waals surface area contributed by atoms with Gasteiger partial charge >= 0.3 is 12.0 Å². The quantitative estimate of drug-likeness (QED) is 0.577. The van der Waals surface area contributed by atoms with Gasteiger partial charge in [0.1, 0.15) is 6.04 Å². The second kappa shape index (κ2) is 3.81. The molecule has 1 aliphatic rings. The van der Waals surface area contributed by atoms with Crippen LogP contribution in [0.5, 0.6) is 0 Å². The van der Waals surface area contributed by atoms with Crippen LogP contribution in [0.15, 0.2) is 0 Å². The first-order chi connectivity index (χ1) is 6.15. The Morgan fingerprint density at radius 2 is 2.54 bits per heavy atom. The first-order valence-electron chi connectivity index (χ1n) is 3.87. The van der Waals surface area contributed by atoms with Crippen molar-refractivity contribution in [2.45, 2.75) is 12.5 Å². The highest BCUT2D eigenvalue weighted by Crippen LogP contribution is 2.04. The lowest BCUT2D eigenvalue weighted by Gasteiger charge is -2.11. The number of urea groups is 1. The molecule has 1 unspecified atom stereocenters. The molecule has 0 spiro atoms. The molecule has 0 bridgehead atoms. The van der Waals surface area contributed by atoms with E-state index in [4.69, 9.17) is 11.5 Å². The maximum atomic E-state index is 11.1. The second-order valence-corrected chi connectivity index (χ2v) is 2.74. The summed E-state index contributed by atoms with van der Waals surface area (Å²) >= 11 is 0. The monoisotopic (exact) mass is 182 g/mol. The molecule has 0 radical (unpaired) electrons. The number of carbonyl (C=O) groups is 2. The SMILES string of the molecule is C#CCCN1CC(C(=O)O)NC1=O. The number of carboxylic acid groups (broad SMARTS) is 1. The first kappa shape index (κ1) is 9.39. The summed E-state index contributed by atoms with van der Waals surface area (Å²) in [5, 5.41) is 10.9. The summed E-state index contributed by atoms with van der Waals surface area (Å²) in [4.78, 5) is 23.0. The van der Waals surface area contributed by atoms with Crippen molar-refractivity contribution < 1.29 is 14.7 Å². The van der Waals surface area contributed by atoms with Crippen LogP contribution < -0.4 is 5.32 Å². The fourth-order valence-electron chi connectivity index (χ4n) is 1.12. The summed E-state index contributed by atoms with van der Waals surface area (Å²) in [6.45, 7) is 0.599. The molecule has 1 heterocycles. The van der Waals surface area contributed by atoms with E-state index in [1.54, 1.807) is 0 Å². The van der Waals surface area contributed by atoms with Crippen molar-refractivity contribution in [2.24, 2.45) is 0 Å². The predicted molar refractivity (Wildman–Crippen MR) is 45.0 cm³/mol. The van der Waals surface area contributed by atoms with Gasteiger partial charge in [0.2, 0.25) is 0 Å². The Hall–Kier alpha value is -1.70. The number of carbonyl (C=O) groups excluding carboxylic acids is 1. The molecule has 1 saturated heterocycles. The van der Waals surface area contributed by atoms with Gasteiger partial charge in [-0.3, -0.25) is 0 Å². The Morgan fingerprint density at radius 3 is 3.00 bits per heavy atom. The summed E-state index contributed by atoms with van der Waals surface area (Å²) < 4.78 is 0. The highest BCUT2D eigenvalue weighted by molar-refractivity contribution is 5.86. The van der Waals surface area contributed by atoms with Gasteiger partial charge in [-0.25, -0.2) is 9.59 Å². The van der Waals surface area contributed by atoms with Crippen molar-refractivity contribution in [1.29, 1.82) is 0 Å². The molecule has 5 heteroatoms. The number of aliphatic carboxylic acids is 1. The Kier molecular flexibility index (Phi) is 2.75. The number of terminal acetylenes is 1. The average molecular weight is 182 g/mol. The summed E-state index contributed by atoms with van der Waals surface area (Å²) in [6, 6.07) is -1.16. The lowest BCUT2D eigenvalue weighted by atomic mass is 10.3. The van der Waals surface area contributed by atoms with Crippen molar-refractivity contribution in [1.82, 2.24) is 10.2 Å². The molecule has 13 heavy (non-hydrogen) atoms. The number of amides is 2. The van der Waals surface area contributed by atoms with E-state index in [0.717, 1.165) is 0 Å². The van der Waals surface area contributed by atoms with Gasteiger partial charge in [0.15, 0.2) is 0 Å². The van der Waals surface area contributed by atoms with Crippen molar-refractivity contribution in [3.63, 3.8) is 0 Å². The lowest BCUT2D eigenvalue weighted by Crippen LogP contribution is -2.33. The smallest absolute Gasteiger partial charge is 0.328 e. The van der Waals surface area contributed by atoms with Crippen molar-refractivity contribution in [2.75, 3.05) is 13.1 Å². The molecule has 1 fully saturated rings. The molecule has 0 saturated carbocycles. The zero-order chi connectivity index (χ0) is 9.84. The third-order valence-corrected chi connectivity index (χ3v) is 1.81. The normalized spacial score (nSPS) is 21.0. The fraction of sp³-hybridized carbons (Fsp3) is 0.500.